The van der Waals surface area contributed by atoms with Crippen LogP contribution in [0.4, 0.5) is 4.39 Å². The molecule has 0 N–H and O–H groups in total. The average Bonchev–Trinajstić information content (AvgIpc) is 3.65. The summed E-state index contributed by atoms with van der Waals surface area (Å²) in [5.41, 5.74) is 9.80. The molecule has 4 nitrogen and oxygen atoms in total. The molecule has 0 saturated heterocycles. The summed E-state index contributed by atoms with van der Waals surface area (Å²) >= 11 is 0. The van der Waals surface area contributed by atoms with Crippen LogP contribution in [-0.2, 0) is 13.0 Å². The number of nitrogens with zero attached hydrogens (tertiary/aromatic N) is 3. The second kappa shape index (κ2) is 7.85. The fraction of sp³-hybridized carbons (Fsp3) is 0.241. The van der Waals surface area contributed by atoms with E-state index in [-0.39, 0.29) is 5.82 Å². The molecule has 0 atom stereocenters. The van der Waals surface area contributed by atoms with E-state index in [0.29, 0.717) is 23.8 Å². The number of aryl methyl sites for hydroxylation is 1. The predicted octanol–water partition coefficient (Wildman–Crippen LogP) is 6.49. The van der Waals surface area contributed by atoms with E-state index < -0.39 is 0 Å². The topological polar surface area (TPSA) is 50.3 Å². The minimum absolute atomic E-state index is 0.318. The van der Waals surface area contributed by atoms with Gasteiger partial charge in [-0.15, -0.1) is 0 Å². The molecule has 3 heterocycles. The minimum atomic E-state index is -0.354. The number of pyridine rings is 1. The molecule has 1 saturated carbocycles. The van der Waals surface area contributed by atoms with Crippen LogP contribution in [0.15, 0.2) is 60.3 Å². The Morgan fingerprint density at radius 3 is 2.76 bits per heavy atom. The number of halogens is 1. The van der Waals surface area contributed by atoms with Crippen molar-refractivity contribution in [1.29, 1.82) is 5.26 Å². The van der Waals surface area contributed by atoms with Gasteiger partial charge in [-0.2, -0.15) is 5.26 Å². The maximum atomic E-state index is 13.9. The normalized spacial score (nSPS) is 16.3. The number of hydrogen-bond donors (Lipinski definition) is 0. The van der Waals surface area contributed by atoms with E-state index in [1.54, 1.807) is 13.0 Å². The Bertz CT molecular complexity index is 1540. The molecule has 5 heteroatoms. The Labute approximate surface area is 198 Å². The highest BCUT2D eigenvalue weighted by Gasteiger charge is 2.25. The third-order valence-electron chi connectivity index (χ3n) is 6.95. The molecule has 6 rings (SSSR count). The lowest BCUT2D eigenvalue weighted by molar-refractivity contribution is 0.305. The van der Waals surface area contributed by atoms with Gasteiger partial charge in [0, 0.05) is 41.1 Å². The Balaban J connectivity index is 1.40. The van der Waals surface area contributed by atoms with Crippen molar-refractivity contribution in [3.63, 3.8) is 0 Å². The molecule has 4 aromatic rings. The lowest BCUT2D eigenvalue weighted by atomic mass is 9.89. The van der Waals surface area contributed by atoms with Crippen LogP contribution in [0.5, 0.6) is 5.75 Å². The Kier molecular flexibility index (Phi) is 4.77. The highest BCUT2D eigenvalue weighted by molar-refractivity contribution is 5.88. The number of rotatable bonds is 3. The fourth-order valence-electron chi connectivity index (χ4n) is 5.01. The maximum Gasteiger partial charge on any atom is 0.137 e. The zero-order chi connectivity index (χ0) is 23.4. The van der Waals surface area contributed by atoms with E-state index in [2.05, 4.69) is 53.9 Å². The van der Waals surface area contributed by atoms with Crippen LogP contribution >= 0.6 is 0 Å². The predicted molar refractivity (Wildman–Crippen MR) is 129 cm³/mol. The van der Waals surface area contributed by atoms with Gasteiger partial charge in [-0.25, -0.2) is 9.37 Å². The summed E-state index contributed by atoms with van der Waals surface area (Å²) in [4.78, 5) is 4.82. The van der Waals surface area contributed by atoms with Crippen molar-refractivity contribution in [2.75, 3.05) is 0 Å². The zero-order valence-electron chi connectivity index (χ0n) is 19.2. The van der Waals surface area contributed by atoms with Gasteiger partial charge in [0.25, 0.3) is 0 Å². The van der Waals surface area contributed by atoms with Gasteiger partial charge in [0.05, 0.1) is 11.8 Å². The van der Waals surface area contributed by atoms with Crippen LogP contribution < -0.4 is 4.74 Å². The number of fused-ring (bicyclic) bond motifs is 3. The largest absolute Gasteiger partial charge is 0.488 e. The molecule has 0 amide bonds. The highest BCUT2D eigenvalue weighted by atomic mass is 19.1. The van der Waals surface area contributed by atoms with Gasteiger partial charge in [0.2, 0.25) is 0 Å². The molecule has 2 aromatic carbocycles. The van der Waals surface area contributed by atoms with Crippen LogP contribution in [0.25, 0.3) is 11.2 Å². The van der Waals surface area contributed by atoms with Gasteiger partial charge in [-0.1, -0.05) is 18.2 Å². The van der Waals surface area contributed by atoms with Crippen LogP contribution in [0, 0.1) is 24.1 Å². The number of hydrogen-bond acceptors (Lipinski definition) is 3. The first-order chi connectivity index (χ1) is 16.5. The van der Waals surface area contributed by atoms with E-state index >= 15 is 0 Å². The highest BCUT2D eigenvalue weighted by Crippen LogP contribution is 2.41. The molecule has 168 valence electrons. The van der Waals surface area contributed by atoms with Crippen molar-refractivity contribution in [2.45, 2.75) is 45.6 Å². The Morgan fingerprint density at radius 2 is 1.97 bits per heavy atom. The first-order valence-corrected chi connectivity index (χ1v) is 11.6. The molecule has 2 aromatic heterocycles. The molecule has 34 heavy (non-hydrogen) atoms. The van der Waals surface area contributed by atoms with Gasteiger partial charge < -0.3 is 9.14 Å². The Morgan fingerprint density at radius 1 is 1.15 bits per heavy atom. The molecular weight excluding hydrogens is 425 g/mol. The Hall–Kier alpha value is -3.91. The fourth-order valence-corrected chi connectivity index (χ4v) is 5.01. The summed E-state index contributed by atoms with van der Waals surface area (Å²) in [5, 5.41) is 9.67. The molecule has 1 aliphatic heterocycles. The van der Waals surface area contributed by atoms with Crippen LogP contribution in [0.1, 0.15) is 64.9 Å². The lowest BCUT2D eigenvalue weighted by Crippen LogP contribution is -2.01. The van der Waals surface area contributed by atoms with E-state index in [9.17, 15) is 9.65 Å². The second-order valence-electron chi connectivity index (χ2n) is 9.32. The van der Waals surface area contributed by atoms with Crippen molar-refractivity contribution in [3.8, 4) is 11.8 Å². The first-order valence-electron chi connectivity index (χ1n) is 11.6. The van der Waals surface area contributed by atoms with Crippen molar-refractivity contribution in [3.05, 3.63) is 105 Å². The van der Waals surface area contributed by atoms with Crippen molar-refractivity contribution >= 4 is 11.2 Å². The summed E-state index contributed by atoms with van der Waals surface area (Å²) in [6, 6.07) is 17.5. The zero-order valence-corrected chi connectivity index (χ0v) is 19.2. The van der Waals surface area contributed by atoms with Gasteiger partial charge in [0.15, 0.2) is 0 Å². The summed E-state index contributed by atoms with van der Waals surface area (Å²) in [6.45, 7) is 4.18. The monoisotopic (exact) mass is 449 g/mol. The van der Waals surface area contributed by atoms with Crippen molar-refractivity contribution in [1.82, 2.24) is 9.38 Å². The van der Waals surface area contributed by atoms with Crippen LogP contribution in [-0.4, -0.2) is 9.38 Å². The number of imidazole rings is 1. The molecule has 2 aliphatic rings. The first kappa shape index (κ1) is 20.7. The van der Waals surface area contributed by atoms with Crippen LogP contribution in [0.2, 0.25) is 0 Å². The lowest BCUT2D eigenvalue weighted by Gasteiger charge is -2.13. The number of ether oxygens (including phenoxy) is 1. The van der Waals surface area contributed by atoms with Gasteiger partial charge >= 0.3 is 0 Å². The van der Waals surface area contributed by atoms with E-state index in [1.807, 2.05) is 0 Å². The third-order valence-corrected chi connectivity index (χ3v) is 6.95. The third kappa shape index (κ3) is 3.47. The van der Waals surface area contributed by atoms with Gasteiger partial charge in [-0.3, -0.25) is 0 Å². The summed E-state index contributed by atoms with van der Waals surface area (Å²) < 4.78 is 22.1. The molecule has 0 unspecified atom stereocenters. The number of aromatic nitrogens is 2. The molecule has 1 fully saturated rings. The van der Waals surface area contributed by atoms with E-state index in [0.717, 1.165) is 45.6 Å². The summed E-state index contributed by atoms with van der Waals surface area (Å²) in [7, 11) is 0. The second-order valence-corrected chi connectivity index (χ2v) is 9.32. The van der Waals surface area contributed by atoms with Crippen molar-refractivity contribution in [2.24, 2.45) is 0 Å². The summed E-state index contributed by atoms with van der Waals surface area (Å²) in [6.07, 6.45) is 5.43. The van der Waals surface area contributed by atoms with Crippen LogP contribution in [0.3, 0.4) is 0 Å². The molecule has 0 bridgehead atoms. The molecule has 1 aliphatic carbocycles. The minimum Gasteiger partial charge on any atom is -0.488 e. The molecule has 0 spiro atoms. The number of benzene rings is 2. The average molecular weight is 450 g/mol. The molecular formula is C29H24FN3O. The van der Waals surface area contributed by atoms with Crippen molar-refractivity contribution < 1.29 is 9.13 Å². The number of allylic oxidation sites excluding steroid dienone is 1. The quantitative estimate of drug-likeness (QED) is 0.336. The number of nitriles is 1. The standard InChI is InChI=1S/C29H24FN3O/c1-17(15-31)29-24-7-3-19(11-22(24)16-34-27-14-23(30)6-8-25(27)29)12-26-18(2)32-28-13-21(20-4-5-20)9-10-33(26)28/h3,6-11,13-14,20H,4-5,12,16H2,1-2H3. The van der Waals surface area contributed by atoms with Gasteiger partial charge in [-0.05, 0) is 79.1 Å². The van der Waals surface area contributed by atoms with E-state index in [4.69, 9.17) is 9.72 Å². The summed E-state index contributed by atoms with van der Waals surface area (Å²) in [5.74, 6) is 0.811. The van der Waals surface area contributed by atoms with Gasteiger partial charge in [0.1, 0.15) is 23.8 Å². The maximum absolute atomic E-state index is 13.9. The SMILES string of the molecule is CC(C#N)=C1c2ccc(Cc3c(C)nc4cc(C5CC5)ccn34)cc2COc2cc(F)ccc21. The van der Waals surface area contributed by atoms with E-state index in [1.165, 1.54) is 36.2 Å². The smallest absolute Gasteiger partial charge is 0.137 e. The molecule has 0 radical (unpaired) electrons.